The summed E-state index contributed by atoms with van der Waals surface area (Å²) in [5.41, 5.74) is 8.91. The molecule has 0 saturated carbocycles. The molecule has 0 unspecified atom stereocenters. The van der Waals surface area contributed by atoms with Gasteiger partial charge in [-0.05, 0) is 25.0 Å². The molecule has 1 heterocycles. The number of aryl methyl sites for hydroxylation is 1. The van der Waals surface area contributed by atoms with Gasteiger partial charge in [0.15, 0.2) is 5.82 Å². The number of rotatable bonds is 3. The molecule has 1 aromatic carbocycles. The SMILES string of the molecule is COc1cccc(-c2nc(C)c(C(C)C)c(N)n2)c1. The molecule has 0 aliphatic carbocycles. The van der Waals surface area contributed by atoms with E-state index in [0.717, 1.165) is 22.6 Å². The van der Waals surface area contributed by atoms with Crippen LogP contribution in [0.2, 0.25) is 0 Å². The molecule has 0 bridgehead atoms. The van der Waals surface area contributed by atoms with Crippen molar-refractivity contribution in [3.63, 3.8) is 0 Å². The van der Waals surface area contributed by atoms with Crippen molar-refractivity contribution in [3.05, 3.63) is 35.5 Å². The summed E-state index contributed by atoms with van der Waals surface area (Å²) in [6, 6.07) is 7.66. The van der Waals surface area contributed by atoms with Crippen LogP contribution in [0.15, 0.2) is 24.3 Å². The normalized spacial score (nSPS) is 10.8. The minimum atomic E-state index is 0.319. The van der Waals surface area contributed by atoms with Gasteiger partial charge in [0.2, 0.25) is 0 Å². The molecular formula is C15H19N3O. The standard InChI is InChI=1S/C15H19N3O/c1-9(2)13-10(3)17-15(18-14(13)16)11-6-5-7-12(8-11)19-4/h5-9H,1-4H3,(H2,16,17,18). The molecule has 0 radical (unpaired) electrons. The molecular weight excluding hydrogens is 238 g/mol. The molecule has 100 valence electrons. The van der Waals surface area contributed by atoms with Crippen LogP contribution in [0.25, 0.3) is 11.4 Å². The van der Waals surface area contributed by atoms with Crippen LogP contribution in [0.3, 0.4) is 0 Å². The maximum atomic E-state index is 6.05. The summed E-state index contributed by atoms with van der Waals surface area (Å²) in [6.45, 7) is 6.15. The molecule has 4 nitrogen and oxygen atoms in total. The number of methoxy groups -OCH3 is 1. The topological polar surface area (TPSA) is 61.0 Å². The fraction of sp³-hybridized carbons (Fsp3) is 0.333. The highest BCUT2D eigenvalue weighted by Crippen LogP contribution is 2.27. The molecule has 0 aliphatic rings. The Kier molecular flexibility index (Phi) is 3.69. The molecule has 0 saturated heterocycles. The molecule has 0 amide bonds. The zero-order valence-electron chi connectivity index (χ0n) is 11.8. The monoisotopic (exact) mass is 257 g/mol. The summed E-state index contributed by atoms with van der Waals surface area (Å²) in [7, 11) is 1.64. The average Bonchev–Trinajstić information content (AvgIpc) is 2.37. The number of aromatic nitrogens is 2. The van der Waals surface area contributed by atoms with E-state index in [2.05, 4.69) is 23.8 Å². The average molecular weight is 257 g/mol. The van der Waals surface area contributed by atoms with E-state index in [1.54, 1.807) is 7.11 Å². The number of nitrogen functional groups attached to an aromatic ring is 1. The van der Waals surface area contributed by atoms with Gasteiger partial charge in [-0.25, -0.2) is 9.97 Å². The summed E-state index contributed by atoms with van der Waals surface area (Å²) in [4.78, 5) is 8.97. The van der Waals surface area contributed by atoms with Crippen molar-refractivity contribution in [3.8, 4) is 17.1 Å². The number of ether oxygens (including phenoxy) is 1. The van der Waals surface area contributed by atoms with Crippen molar-refractivity contribution >= 4 is 5.82 Å². The first-order chi connectivity index (χ1) is 9.02. The highest BCUT2D eigenvalue weighted by Gasteiger charge is 2.13. The van der Waals surface area contributed by atoms with Crippen LogP contribution < -0.4 is 10.5 Å². The van der Waals surface area contributed by atoms with E-state index in [-0.39, 0.29) is 0 Å². The van der Waals surface area contributed by atoms with Crippen LogP contribution in [0.1, 0.15) is 31.0 Å². The highest BCUT2D eigenvalue weighted by atomic mass is 16.5. The van der Waals surface area contributed by atoms with Crippen LogP contribution in [0, 0.1) is 6.92 Å². The maximum Gasteiger partial charge on any atom is 0.161 e. The number of nitrogens with zero attached hydrogens (tertiary/aromatic N) is 2. The van der Waals surface area contributed by atoms with Crippen molar-refractivity contribution in [2.75, 3.05) is 12.8 Å². The predicted octanol–water partition coefficient (Wildman–Crippen LogP) is 3.17. The van der Waals surface area contributed by atoms with Gasteiger partial charge >= 0.3 is 0 Å². The van der Waals surface area contributed by atoms with Crippen molar-refractivity contribution in [1.29, 1.82) is 0 Å². The van der Waals surface area contributed by atoms with E-state index in [4.69, 9.17) is 10.5 Å². The van der Waals surface area contributed by atoms with Gasteiger partial charge in [0.25, 0.3) is 0 Å². The van der Waals surface area contributed by atoms with E-state index in [1.165, 1.54) is 0 Å². The maximum absolute atomic E-state index is 6.05. The van der Waals surface area contributed by atoms with Crippen LogP contribution in [0.5, 0.6) is 5.75 Å². The predicted molar refractivity (Wildman–Crippen MR) is 77.3 cm³/mol. The second-order valence-electron chi connectivity index (χ2n) is 4.82. The van der Waals surface area contributed by atoms with Crippen molar-refractivity contribution in [2.45, 2.75) is 26.7 Å². The number of hydrogen-bond donors (Lipinski definition) is 1. The summed E-state index contributed by atoms with van der Waals surface area (Å²) in [6.07, 6.45) is 0. The van der Waals surface area contributed by atoms with Crippen LogP contribution >= 0.6 is 0 Å². The third-order valence-electron chi connectivity index (χ3n) is 3.07. The third-order valence-corrected chi connectivity index (χ3v) is 3.07. The lowest BCUT2D eigenvalue weighted by molar-refractivity contribution is 0.415. The molecule has 0 atom stereocenters. The Morgan fingerprint density at radius 3 is 2.53 bits per heavy atom. The van der Waals surface area contributed by atoms with Crippen LogP contribution in [-0.2, 0) is 0 Å². The van der Waals surface area contributed by atoms with Gasteiger partial charge in [0.05, 0.1) is 7.11 Å². The Balaban J connectivity index is 2.52. The van der Waals surface area contributed by atoms with Crippen LogP contribution in [-0.4, -0.2) is 17.1 Å². The molecule has 2 rings (SSSR count). The number of hydrogen-bond acceptors (Lipinski definition) is 4. The van der Waals surface area contributed by atoms with Crippen molar-refractivity contribution < 1.29 is 4.74 Å². The summed E-state index contributed by atoms with van der Waals surface area (Å²) in [5.74, 6) is 2.29. The van der Waals surface area contributed by atoms with E-state index >= 15 is 0 Å². The van der Waals surface area contributed by atoms with Gasteiger partial charge in [-0.2, -0.15) is 0 Å². The zero-order valence-corrected chi connectivity index (χ0v) is 11.8. The van der Waals surface area contributed by atoms with E-state index in [9.17, 15) is 0 Å². The Labute approximate surface area is 113 Å². The van der Waals surface area contributed by atoms with Gasteiger partial charge in [-0.1, -0.05) is 26.0 Å². The lowest BCUT2D eigenvalue weighted by atomic mass is 10.0. The third kappa shape index (κ3) is 2.67. The first-order valence-corrected chi connectivity index (χ1v) is 6.31. The van der Waals surface area contributed by atoms with Gasteiger partial charge in [-0.15, -0.1) is 0 Å². The van der Waals surface area contributed by atoms with Crippen LogP contribution in [0.4, 0.5) is 5.82 Å². The number of anilines is 1. The molecule has 4 heteroatoms. The molecule has 19 heavy (non-hydrogen) atoms. The fourth-order valence-corrected chi connectivity index (χ4v) is 2.21. The number of nitrogens with two attached hydrogens (primary N) is 1. The van der Waals surface area contributed by atoms with Gasteiger partial charge in [-0.3, -0.25) is 0 Å². The van der Waals surface area contributed by atoms with E-state index in [1.807, 2.05) is 31.2 Å². The van der Waals surface area contributed by atoms with Crippen molar-refractivity contribution in [2.24, 2.45) is 0 Å². The summed E-state index contributed by atoms with van der Waals surface area (Å²) < 4.78 is 5.21. The van der Waals surface area contributed by atoms with Crippen molar-refractivity contribution in [1.82, 2.24) is 9.97 Å². The first kappa shape index (κ1) is 13.3. The first-order valence-electron chi connectivity index (χ1n) is 6.31. The Morgan fingerprint density at radius 2 is 1.95 bits per heavy atom. The molecule has 2 aromatic rings. The quantitative estimate of drug-likeness (QED) is 0.917. The molecule has 0 fully saturated rings. The van der Waals surface area contributed by atoms with Gasteiger partial charge in [0.1, 0.15) is 11.6 Å². The van der Waals surface area contributed by atoms with Gasteiger partial charge < -0.3 is 10.5 Å². The lowest BCUT2D eigenvalue weighted by Crippen LogP contribution is -2.06. The second-order valence-corrected chi connectivity index (χ2v) is 4.82. The second kappa shape index (κ2) is 5.26. The minimum absolute atomic E-state index is 0.319. The smallest absolute Gasteiger partial charge is 0.161 e. The summed E-state index contributed by atoms with van der Waals surface area (Å²) in [5, 5.41) is 0. The Bertz CT molecular complexity index is 571. The Morgan fingerprint density at radius 1 is 1.21 bits per heavy atom. The van der Waals surface area contributed by atoms with Gasteiger partial charge in [0, 0.05) is 16.8 Å². The molecule has 0 spiro atoms. The summed E-state index contributed by atoms with van der Waals surface area (Å²) >= 11 is 0. The minimum Gasteiger partial charge on any atom is -0.497 e. The molecule has 2 N–H and O–H groups in total. The highest BCUT2D eigenvalue weighted by molar-refractivity contribution is 5.61. The largest absolute Gasteiger partial charge is 0.497 e. The van der Waals surface area contributed by atoms with E-state index < -0.39 is 0 Å². The Hall–Kier alpha value is -2.10. The fourth-order valence-electron chi connectivity index (χ4n) is 2.21. The van der Waals surface area contributed by atoms with E-state index in [0.29, 0.717) is 17.6 Å². The lowest BCUT2D eigenvalue weighted by Gasteiger charge is -2.13. The molecule has 0 aliphatic heterocycles. The zero-order chi connectivity index (χ0) is 14.0. The molecule has 1 aromatic heterocycles. The number of benzene rings is 1.